The molecule has 1 aliphatic rings. The second-order valence-corrected chi connectivity index (χ2v) is 8.35. The van der Waals surface area contributed by atoms with Crippen LogP contribution in [0.2, 0.25) is 0 Å². The van der Waals surface area contributed by atoms with E-state index < -0.39 is 46.8 Å². The number of esters is 2. The minimum absolute atomic E-state index is 0.0902. The first kappa shape index (κ1) is 24.8. The molecule has 186 valence electrons. The maximum Gasteiger partial charge on any atom is 0.340 e. The van der Waals surface area contributed by atoms with Crippen molar-refractivity contribution in [1.29, 1.82) is 0 Å². The lowest BCUT2D eigenvalue weighted by atomic mass is 9.77. The van der Waals surface area contributed by atoms with Gasteiger partial charge in [-0.1, -0.05) is 48.5 Å². The summed E-state index contributed by atoms with van der Waals surface area (Å²) in [5.41, 5.74) is -2.98. The summed E-state index contributed by atoms with van der Waals surface area (Å²) in [6, 6.07) is 16.4. The lowest BCUT2D eigenvalue weighted by molar-refractivity contribution is -0.174. The maximum absolute atomic E-state index is 13.5. The fourth-order valence-corrected chi connectivity index (χ4v) is 4.48. The Bertz CT molecular complexity index is 1410. The number of benzene rings is 2. The number of nitrogens with zero attached hydrogens (tertiary/aromatic N) is 2. The fourth-order valence-electron chi connectivity index (χ4n) is 4.48. The van der Waals surface area contributed by atoms with Gasteiger partial charge in [0.1, 0.15) is 12.3 Å². The van der Waals surface area contributed by atoms with Gasteiger partial charge in [0, 0.05) is 23.7 Å². The second kappa shape index (κ2) is 9.74. The molecule has 0 aliphatic carbocycles. The van der Waals surface area contributed by atoms with E-state index in [9.17, 15) is 24.0 Å². The lowest BCUT2D eigenvalue weighted by Crippen LogP contribution is -2.46. The van der Waals surface area contributed by atoms with E-state index in [-0.39, 0.29) is 17.5 Å². The van der Waals surface area contributed by atoms with Crippen molar-refractivity contribution in [3.8, 4) is 0 Å². The number of hydrogen-bond donors (Lipinski definition) is 0. The first-order valence-electron chi connectivity index (χ1n) is 11.1. The zero-order valence-electron chi connectivity index (χ0n) is 19.9. The van der Waals surface area contributed by atoms with Crippen LogP contribution in [0, 0.1) is 12.3 Å². The quantitative estimate of drug-likeness (QED) is 0.392. The monoisotopic (exact) mass is 492 g/mol. The van der Waals surface area contributed by atoms with Gasteiger partial charge >= 0.3 is 17.6 Å². The zero-order chi connectivity index (χ0) is 26.0. The molecule has 2 atom stereocenters. The second-order valence-electron chi connectivity index (χ2n) is 8.35. The molecule has 0 saturated carbocycles. The van der Waals surface area contributed by atoms with Gasteiger partial charge in [-0.05, 0) is 24.6 Å². The Morgan fingerprint density at radius 2 is 1.47 bits per heavy atom. The summed E-state index contributed by atoms with van der Waals surface area (Å²) in [6.07, 6.45) is -1.45. The van der Waals surface area contributed by atoms with Crippen molar-refractivity contribution >= 4 is 17.8 Å². The van der Waals surface area contributed by atoms with E-state index in [1.807, 2.05) is 0 Å². The number of carbonyl (C=O) groups excluding carboxylic acids is 3. The maximum atomic E-state index is 13.5. The molecule has 0 spiro atoms. The molecule has 10 heteroatoms. The molecule has 3 aromatic rings. The standard InChI is InChI=1S/C26H24N2O8/c1-16-15-27(25(33)28(21(16)29)22(30)18-12-8-5-9-13-18)19-14-26(23(31)34-2,24(32)35-3)20(36-19)17-10-6-4-7-11-17/h4-13,15,19-20H,14H2,1-3H3/t19-,20-/m1/s1. The summed E-state index contributed by atoms with van der Waals surface area (Å²) in [7, 11) is 2.27. The van der Waals surface area contributed by atoms with Crippen molar-refractivity contribution in [1.82, 2.24) is 9.13 Å². The predicted molar refractivity (Wildman–Crippen MR) is 126 cm³/mol. The SMILES string of the molecule is COC(=O)C1(C(=O)OC)C[C@H](n2cc(C)c(=O)n(C(=O)c3ccccc3)c2=O)O[C@@H]1c1ccccc1. The van der Waals surface area contributed by atoms with Crippen molar-refractivity contribution in [3.63, 3.8) is 0 Å². The van der Waals surface area contributed by atoms with Crippen LogP contribution in [-0.4, -0.2) is 41.2 Å². The van der Waals surface area contributed by atoms with Gasteiger partial charge in [-0.25, -0.2) is 4.79 Å². The first-order valence-corrected chi connectivity index (χ1v) is 11.1. The Kier molecular flexibility index (Phi) is 6.71. The van der Waals surface area contributed by atoms with Gasteiger partial charge < -0.3 is 14.2 Å². The van der Waals surface area contributed by atoms with Crippen LogP contribution >= 0.6 is 0 Å². The van der Waals surface area contributed by atoms with E-state index in [1.54, 1.807) is 48.5 Å². The lowest BCUT2D eigenvalue weighted by Gasteiger charge is -2.28. The molecule has 1 aromatic heterocycles. The highest BCUT2D eigenvalue weighted by molar-refractivity contribution is 6.01. The number of aryl methyl sites for hydroxylation is 1. The molecule has 10 nitrogen and oxygen atoms in total. The summed E-state index contributed by atoms with van der Waals surface area (Å²) < 4.78 is 17.7. The minimum atomic E-state index is -1.94. The molecule has 4 rings (SSSR count). The molecule has 36 heavy (non-hydrogen) atoms. The van der Waals surface area contributed by atoms with Crippen LogP contribution in [0.15, 0.2) is 76.4 Å². The summed E-state index contributed by atoms with van der Waals surface area (Å²) >= 11 is 0. The highest BCUT2D eigenvalue weighted by atomic mass is 16.6. The van der Waals surface area contributed by atoms with Gasteiger partial charge in [-0.2, -0.15) is 4.57 Å². The van der Waals surface area contributed by atoms with Crippen molar-refractivity contribution in [2.75, 3.05) is 14.2 Å². The van der Waals surface area contributed by atoms with Gasteiger partial charge in [0.15, 0.2) is 5.41 Å². The third kappa shape index (κ3) is 3.95. The Balaban J connectivity index is 1.89. The van der Waals surface area contributed by atoms with E-state index in [0.717, 1.165) is 18.8 Å². The molecular formula is C26H24N2O8. The number of carbonyl (C=O) groups is 3. The average Bonchev–Trinajstić information content (AvgIpc) is 3.32. The molecule has 0 unspecified atom stereocenters. The van der Waals surface area contributed by atoms with Crippen molar-refractivity contribution < 1.29 is 28.6 Å². The molecule has 1 fully saturated rings. The van der Waals surface area contributed by atoms with Gasteiger partial charge in [0.25, 0.3) is 11.5 Å². The van der Waals surface area contributed by atoms with Crippen LogP contribution in [0.1, 0.15) is 40.2 Å². The Morgan fingerprint density at radius 3 is 2.03 bits per heavy atom. The topological polar surface area (TPSA) is 123 Å². The van der Waals surface area contributed by atoms with E-state index in [0.29, 0.717) is 10.1 Å². The molecule has 0 amide bonds. The van der Waals surface area contributed by atoms with Crippen LogP contribution in [0.4, 0.5) is 0 Å². The molecular weight excluding hydrogens is 468 g/mol. The summed E-state index contributed by atoms with van der Waals surface area (Å²) in [4.78, 5) is 65.5. The van der Waals surface area contributed by atoms with Crippen LogP contribution < -0.4 is 11.2 Å². The van der Waals surface area contributed by atoms with Gasteiger partial charge in [0.05, 0.1) is 14.2 Å². The third-order valence-corrected chi connectivity index (χ3v) is 6.26. The van der Waals surface area contributed by atoms with Crippen LogP contribution in [0.25, 0.3) is 0 Å². The Labute approximate surface area is 205 Å². The number of methoxy groups -OCH3 is 2. The highest BCUT2D eigenvalue weighted by Crippen LogP contribution is 2.53. The van der Waals surface area contributed by atoms with Gasteiger partial charge in [0.2, 0.25) is 0 Å². The summed E-state index contributed by atoms with van der Waals surface area (Å²) in [6.45, 7) is 1.45. The van der Waals surface area contributed by atoms with E-state index in [2.05, 4.69) is 0 Å². The molecule has 1 saturated heterocycles. The number of hydrogen-bond acceptors (Lipinski definition) is 8. The average molecular weight is 492 g/mol. The fraction of sp³-hybridized carbons (Fsp3) is 0.269. The molecule has 2 aromatic carbocycles. The largest absolute Gasteiger partial charge is 0.468 e. The van der Waals surface area contributed by atoms with E-state index in [4.69, 9.17) is 14.2 Å². The summed E-state index contributed by atoms with van der Waals surface area (Å²) in [5, 5.41) is 0. The number of ether oxygens (including phenoxy) is 3. The minimum Gasteiger partial charge on any atom is -0.468 e. The first-order chi connectivity index (χ1) is 17.3. The van der Waals surface area contributed by atoms with Crippen LogP contribution in [-0.2, 0) is 23.8 Å². The molecule has 0 bridgehead atoms. The molecule has 1 aliphatic heterocycles. The van der Waals surface area contributed by atoms with Crippen LogP contribution in [0.5, 0.6) is 0 Å². The normalized spacial score (nSPS) is 18.4. The van der Waals surface area contributed by atoms with Gasteiger partial charge in [-0.15, -0.1) is 0 Å². The van der Waals surface area contributed by atoms with Gasteiger partial charge in [-0.3, -0.25) is 23.7 Å². The Hall–Kier alpha value is -4.31. The summed E-state index contributed by atoms with van der Waals surface area (Å²) in [5.74, 6) is -2.61. The third-order valence-electron chi connectivity index (χ3n) is 6.26. The van der Waals surface area contributed by atoms with E-state index in [1.165, 1.54) is 25.3 Å². The van der Waals surface area contributed by atoms with E-state index >= 15 is 0 Å². The highest BCUT2D eigenvalue weighted by Gasteiger charge is 2.62. The molecule has 2 heterocycles. The number of aromatic nitrogens is 2. The smallest absolute Gasteiger partial charge is 0.340 e. The predicted octanol–water partition coefficient (Wildman–Crippen LogP) is 2.00. The van der Waals surface area contributed by atoms with Crippen molar-refractivity contribution in [2.45, 2.75) is 25.7 Å². The molecule has 0 N–H and O–H groups in total. The van der Waals surface area contributed by atoms with Crippen molar-refractivity contribution in [3.05, 3.63) is 104 Å². The number of rotatable bonds is 5. The van der Waals surface area contributed by atoms with Crippen molar-refractivity contribution in [2.24, 2.45) is 5.41 Å². The zero-order valence-corrected chi connectivity index (χ0v) is 19.9. The Morgan fingerprint density at radius 1 is 0.917 bits per heavy atom. The molecule has 0 radical (unpaired) electrons. The van der Waals surface area contributed by atoms with Crippen LogP contribution in [0.3, 0.4) is 0 Å².